The van der Waals surface area contributed by atoms with Crippen LogP contribution >= 0.6 is 0 Å². The van der Waals surface area contributed by atoms with Crippen LogP contribution < -0.4 is 4.74 Å². The summed E-state index contributed by atoms with van der Waals surface area (Å²) in [6.45, 7) is 9.70. The van der Waals surface area contributed by atoms with Crippen molar-refractivity contribution in [1.29, 1.82) is 0 Å². The first kappa shape index (κ1) is 39.0. The van der Waals surface area contributed by atoms with Crippen LogP contribution in [0.1, 0.15) is 0 Å². The number of ether oxygens (including phenoxy) is 11. The number of nitrogens with zero attached hydrogens (tertiary/aromatic N) is 1. The molecule has 0 heterocycles. The summed E-state index contributed by atoms with van der Waals surface area (Å²) in [7, 11) is 0. The summed E-state index contributed by atoms with van der Waals surface area (Å²) in [5.41, 5.74) is 0.0242. The van der Waals surface area contributed by atoms with Gasteiger partial charge >= 0.3 is 0 Å². The van der Waals surface area contributed by atoms with E-state index >= 15 is 0 Å². The Kier molecular flexibility index (Phi) is 28.5. The van der Waals surface area contributed by atoms with Crippen LogP contribution in [0.2, 0.25) is 0 Å². The van der Waals surface area contributed by atoms with Gasteiger partial charge < -0.3 is 57.2 Å². The number of nitro groups is 1. The Balaban J connectivity index is 1.66. The zero-order chi connectivity index (χ0) is 30.9. The first-order chi connectivity index (χ1) is 21.2. The van der Waals surface area contributed by atoms with E-state index in [1.54, 1.807) is 12.1 Å². The maximum Gasteiger partial charge on any atom is 0.269 e. The molecule has 0 saturated carbocycles. The minimum atomic E-state index is -0.454. The third-order valence-electron chi connectivity index (χ3n) is 5.13. The van der Waals surface area contributed by atoms with Crippen molar-refractivity contribution in [3.8, 4) is 5.75 Å². The van der Waals surface area contributed by atoms with Gasteiger partial charge in [0.2, 0.25) is 0 Å². The fraction of sp³-hybridized carbons (Fsp3) is 0.786. The predicted molar refractivity (Wildman–Crippen MR) is 154 cm³/mol. The number of aliphatic hydroxyl groups is 1. The lowest BCUT2D eigenvalue weighted by atomic mass is 10.3. The van der Waals surface area contributed by atoms with Gasteiger partial charge in [-0.15, -0.1) is 0 Å². The number of non-ortho nitro benzene ring substituents is 1. The van der Waals surface area contributed by atoms with Gasteiger partial charge in [0, 0.05) is 12.1 Å². The summed E-state index contributed by atoms with van der Waals surface area (Å²) < 4.78 is 59.3. The van der Waals surface area contributed by atoms with Gasteiger partial charge in [0.05, 0.1) is 144 Å². The molecular weight excluding hydrogens is 574 g/mol. The Hall–Kier alpha value is -2.02. The van der Waals surface area contributed by atoms with Crippen molar-refractivity contribution < 1.29 is 62.1 Å². The molecule has 0 spiro atoms. The Morgan fingerprint density at radius 1 is 0.442 bits per heavy atom. The number of rotatable bonds is 34. The summed E-state index contributed by atoms with van der Waals surface area (Å²) >= 11 is 0. The van der Waals surface area contributed by atoms with E-state index in [1.165, 1.54) is 12.1 Å². The van der Waals surface area contributed by atoms with Crippen molar-refractivity contribution in [2.75, 3.05) is 145 Å². The maximum atomic E-state index is 10.6. The number of benzene rings is 1. The highest BCUT2D eigenvalue weighted by atomic mass is 16.6. The largest absolute Gasteiger partial charge is 0.491 e. The third kappa shape index (κ3) is 27.3. The van der Waals surface area contributed by atoms with Crippen LogP contribution in [-0.4, -0.2) is 155 Å². The number of nitro benzene ring substituents is 1. The van der Waals surface area contributed by atoms with Crippen molar-refractivity contribution in [2.45, 2.75) is 0 Å². The summed E-state index contributed by atoms with van der Waals surface area (Å²) in [6, 6.07) is 5.90. The van der Waals surface area contributed by atoms with E-state index in [4.69, 9.17) is 57.2 Å². The molecule has 1 rings (SSSR count). The Labute approximate surface area is 253 Å². The minimum absolute atomic E-state index is 0.0193. The van der Waals surface area contributed by atoms with E-state index in [2.05, 4.69) is 0 Å². The lowest BCUT2D eigenvalue weighted by Gasteiger charge is -2.09. The van der Waals surface area contributed by atoms with Crippen LogP contribution in [0.3, 0.4) is 0 Å². The summed E-state index contributed by atoms with van der Waals surface area (Å²) in [4.78, 5) is 10.2. The fourth-order valence-corrected chi connectivity index (χ4v) is 3.03. The molecule has 0 atom stereocenters. The highest BCUT2D eigenvalue weighted by molar-refractivity contribution is 5.35. The smallest absolute Gasteiger partial charge is 0.269 e. The second kappa shape index (κ2) is 31.4. The van der Waals surface area contributed by atoms with Crippen LogP contribution in [0.4, 0.5) is 5.69 Å². The molecule has 250 valence electrons. The summed E-state index contributed by atoms with van der Waals surface area (Å²) in [5, 5.41) is 19.2. The molecule has 0 aliphatic carbocycles. The first-order valence-corrected chi connectivity index (χ1v) is 14.5. The van der Waals surface area contributed by atoms with Gasteiger partial charge in [-0.25, -0.2) is 0 Å². The van der Waals surface area contributed by atoms with Crippen LogP contribution in [-0.2, 0) is 47.4 Å². The molecule has 0 aliphatic heterocycles. The van der Waals surface area contributed by atoms with Gasteiger partial charge in [-0.3, -0.25) is 10.1 Å². The second-order valence-electron chi connectivity index (χ2n) is 8.45. The van der Waals surface area contributed by atoms with Gasteiger partial charge in [-0.05, 0) is 12.1 Å². The molecule has 0 amide bonds. The van der Waals surface area contributed by atoms with Crippen molar-refractivity contribution in [3.05, 3.63) is 34.4 Å². The number of hydrogen-bond donors (Lipinski definition) is 1. The van der Waals surface area contributed by atoms with Crippen LogP contribution in [0.15, 0.2) is 24.3 Å². The highest BCUT2D eigenvalue weighted by Gasteiger charge is 2.04. The average Bonchev–Trinajstić information content (AvgIpc) is 3.02. The molecule has 0 fully saturated rings. The van der Waals surface area contributed by atoms with E-state index in [-0.39, 0.29) is 12.3 Å². The molecule has 15 heteroatoms. The van der Waals surface area contributed by atoms with Crippen molar-refractivity contribution in [1.82, 2.24) is 0 Å². The molecule has 1 N–H and O–H groups in total. The fourth-order valence-electron chi connectivity index (χ4n) is 3.03. The normalized spacial score (nSPS) is 11.3. The molecule has 0 bridgehead atoms. The first-order valence-electron chi connectivity index (χ1n) is 14.5. The van der Waals surface area contributed by atoms with E-state index in [9.17, 15) is 10.1 Å². The van der Waals surface area contributed by atoms with Gasteiger partial charge in [0.15, 0.2) is 0 Å². The zero-order valence-corrected chi connectivity index (χ0v) is 25.1. The van der Waals surface area contributed by atoms with Gasteiger partial charge in [0.25, 0.3) is 5.69 Å². The molecule has 1 aromatic carbocycles. The Morgan fingerprint density at radius 3 is 0.953 bits per heavy atom. The van der Waals surface area contributed by atoms with Crippen LogP contribution in [0.25, 0.3) is 0 Å². The van der Waals surface area contributed by atoms with Gasteiger partial charge in [-0.1, -0.05) is 0 Å². The summed E-state index contributed by atoms with van der Waals surface area (Å²) in [5.74, 6) is 0.554. The van der Waals surface area contributed by atoms with Gasteiger partial charge in [0.1, 0.15) is 12.4 Å². The molecule has 0 radical (unpaired) electrons. The number of hydrogen-bond acceptors (Lipinski definition) is 14. The topological polar surface area (TPSA) is 165 Å². The Morgan fingerprint density at radius 2 is 0.698 bits per heavy atom. The van der Waals surface area contributed by atoms with E-state index < -0.39 is 4.92 Å². The van der Waals surface area contributed by atoms with Crippen molar-refractivity contribution in [3.63, 3.8) is 0 Å². The van der Waals surface area contributed by atoms with Crippen LogP contribution in [0.5, 0.6) is 5.75 Å². The SMILES string of the molecule is O=[N+]([O-])c1ccc(OCCOCCOCCOCCOCCOCCOCCOCCOCCOCCOCCO)cc1. The molecule has 0 unspecified atom stereocenters. The predicted octanol–water partition coefficient (Wildman–Crippen LogP) is 1.13. The Bertz CT molecular complexity index is 728. The molecule has 0 aliphatic rings. The van der Waals surface area contributed by atoms with Crippen molar-refractivity contribution in [2.24, 2.45) is 0 Å². The van der Waals surface area contributed by atoms with Crippen LogP contribution in [0, 0.1) is 10.1 Å². The van der Waals surface area contributed by atoms with E-state index in [1.807, 2.05) is 0 Å². The lowest BCUT2D eigenvalue weighted by Crippen LogP contribution is -2.15. The average molecular weight is 624 g/mol. The molecule has 15 nitrogen and oxygen atoms in total. The minimum Gasteiger partial charge on any atom is -0.491 e. The molecule has 0 aromatic heterocycles. The summed E-state index contributed by atoms with van der Waals surface area (Å²) in [6.07, 6.45) is 0. The molecule has 1 aromatic rings. The van der Waals surface area contributed by atoms with Crippen molar-refractivity contribution >= 4 is 5.69 Å². The third-order valence-corrected chi connectivity index (χ3v) is 5.13. The standard InChI is InChI=1S/C28H49NO14/c30-5-6-33-7-8-34-9-10-35-11-12-36-13-14-37-15-16-38-17-18-39-19-20-40-21-22-41-23-24-42-25-26-43-28-3-1-27(2-4-28)29(31)32/h1-4,30H,5-26H2. The second-order valence-corrected chi connectivity index (χ2v) is 8.45. The highest BCUT2D eigenvalue weighted by Crippen LogP contribution is 2.17. The monoisotopic (exact) mass is 623 g/mol. The van der Waals surface area contributed by atoms with E-state index in [0.717, 1.165) is 0 Å². The zero-order valence-electron chi connectivity index (χ0n) is 25.1. The number of aliphatic hydroxyl groups excluding tert-OH is 1. The lowest BCUT2D eigenvalue weighted by molar-refractivity contribution is -0.384. The van der Waals surface area contributed by atoms with E-state index in [0.29, 0.717) is 144 Å². The molecule has 43 heavy (non-hydrogen) atoms. The molecule has 0 saturated heterocycles. The molecular formula is C28H49NO14. The maximum absolute atomic E-state index is 10.6. The quantitative estimate of drug-likeness (QED) is 0.0660. The van der Waals surface area contributed by atoms with Gasteiger partial charge in [-0.2, -0.15) is 0 Å².